The topological polar surface area (TPSA) is 32.7 Å². The molecular weight excluding hydrogens is 250 g/mol. The highest BCUT2D eigenvalue weighted by atomic mass is 16.5. The summed E-state index contributed by atoms with van der Waals surface area (Å²) in [6, 6.07) is 10.1. The second-order valence-corrected chi connectivity index (χ2v) is 5.86. The van der Waals surface area contributed by atoms with E-state index >= 15 is 0 Å². The lowest BCUT2D eigenvalue weighted by Gasteiger charge is -2.24. The second kappa shape index (κ2) is 8.40. The van der Waals surface area contributed by atoms with Crippen molar-refractivity contribution in [3.05, 3.63) is 35.9 Å². The van der Waals surface area contributed by atoms with E-state index in [1.54, 1.807) is 0 Å². The fourth-order valence-electron chi connectivity index (χ4n) is 2.48. The van der Waals surface area contributed by atoms with Crippen LogP contribution < -0.4 is 0 Å². The first kappa shape index (κ1) is 15.5. The lowest BCUT2D eigenvalue weighted by Crippen LogP contribution is -2.36. The molecule has 1 N–H and O–H groups in total. The molecule has 1 aromatic carbocycles. The van der Waals surface area contributed by atoms with E-state index in [2.05, 4.69) is 11.8 Å². The van der Waals surface area contributed by atoms with Gasteiger partial charge in [0.2, 0.25) is 0 Å². The molecule has 0 bridgehead atoms. The molecule has 2 rings (SSSR count). The summed E-state index contributed by atoms with van der Waals surface area (Å²) in [7, 11) is 0. The van der Waals surface area contributed by atoms with Gasteiger partial charge in [0.25, 0.3) is 0 Å². The third-order valence-corrected chi connectivity index (χ3v) is 3.64. The van der Waals surface area contributed by atoms with Crippen molar-refractivity contribution in [2.24, 2.45) is 5.92 Å². The Morgan fingerprint density at radius 2 is 2.05 bits per heavy atom. The number of aliphatic hydroxyl groups excluding tert-OH is 1. The molecule has 1 saturated carbocycles. The van der Waals surface area contributed by atoms with Crippen molar-refractivity contribution >= 4 is 0 Å². The quantitative estimate of drug-likeness (QED) is 0.714. The number of benzene rings is 1. The molecule has 0 aromatic heterocycles. The standard InChI is InChI=1S/C17H27NO2/c1-2-10-18(11-15-8-9-15)12-17(19)14-20-13-16-6-4-3-5-7-16/h3-7,15,17,19H,2,8-14H2,1H3. The molecule has 0 radical (unpaired) electrons. The molecule has 112 valence electrons. The van der Waals surface area contributed by atoms with Gasteiger partial charge in [-0.15, -0.1) is 0 Å². The molecule has 0 heterocycles. The van der Waals surface area contributed by atoms with Crippen LogP contribution in [0, 0.1) is 5.92 Å². The minimum atomic E-state index is -0.385. The van der Waals surface area contributed by atoms with Gasteiger partial charge in [-0.25, -0.2) is 0 Å². The van der Waals surface area contributed by atoms with Gasteiger partial charge in [-0.2, -0.15) is 0 Å². The van der Waals surface area contributed by atoms with Crippen molar-refractivity contribution in [2.45, 2.75) is 38.9 Å². The average Bonchev–Trinajstić information content (AvgIpc) is 3.24. The van der Waals surface area contributed by atoms with Crippen molar-refractivity contribution in [2.75, 3.05) is 26.2 Å². The van der Waals surface area contributed by atoms with Crippen LogP contribution in [-0.2, 0) is 11.3 Å². The van der Waals surface area contributed by atoms with Gasteiger partial charge < -0.3 is 14.7 Å². The van der Waals surface area contributed by atoms with Gasteiger partial charge in [0.1, 0.15) is 0 Å². The van der Waals surface area contributed by atoms with E-state index in [0.29, 0.717) is 13.2 Å². The molecule has 0 amide bonds. The van der Waals surface area contributed by atoms with E-state index in [0.717, 1.165) is 37.5 Å². The first-order chi connectivity index (χ1) is 9.78. The average molecular weight is 277 g/mol. The molecular formula is C17H27NO2. The Kier molecular flexibility index (Phi) is 6.51. The number of hydrogen-bond acceptors (Lipinski definition) is 3. The zero-order chi connectivity index (χ0) is 14.2. The number of ether oxygens (including phenoxy) is 1. The Bertz CT molecular complexity index is 365. The van der Waals surface area contributed by atoms with Gasteiger partial charge in [-0.1, -0.05) is 37.3 Å². The van der Waals surface area contributed by atoms with Crippen molar-refractivity contribution in [1.29, 1.82) is 0 Å². The molecule has 1 aliphatic carbocycles. The lowest BCUT2D eigenvalue weighted by atomic mass is 10.2. The molecule has 1 aliphatic rings. The maximum atomic E-state index is 10.1. The normalized spacial score (nSPS) is 16.6. The fraction of sp³-hybridized carbons (Fsp3) is 0.647. The molecule has 1 aromatic rings. The summed E-state index contributed by atoms with van der Waals surface area (Å²) in [6.45, 7) is 6.14. The Morgan fingerprint density at radius 3 is 2.70 bits per heavy atom. The van der Waals surface area contributed by atoms with E-state index in [-0.39, 0.29) is 6.10 Å². The van der Waals surface area contributed by atoms with Crippen LogP contribution in [0.2, 0.25) is 0 Å². The predicted octanol–water partition coefficient (Wildman–Crippen LogP) is 2.69. The summed E-state index contributed by atoms with van der Waals surface area (Å²) in [6.07, 6.45) is 3.48. The highest BCUT2D eigenvalue weighted by Crippen LogP contribution is 2.29. The fourth-order valence-corrected chi connectivity index (χ4v) is 2.48. The minimum Gasteiger partial charge on any atom is -0.389 e. The van der Waals surface area contributed by atoms with Crippen LogP contribution in [0.4, 0.5) is 0 Å². The van der Waals surface area contributed by atoms with Crippen LogP contribution in [0.5, 0.6) is 0 Å². The van der Waals surface area contributed by atoms with Crippen LogP contribution in [0.15, 0.2) is 30.3 Å². The Morgan fingerprint density at radius 1 is 1.30 bits per heavy atom. The second-order valence-electron chi connectivity index (χ2n) is 5.86. The third-order valence-electron chi connectivity index (χ3n) is 3.64. The van der Waals surface area contributed by atoms with Crippen LogP contribution in [0.3, 0.4) is 0 Å². The van der Waals surface area contributed by atoms with E-state index < -0.39 is 0 Å². The van der Waals surface area contributed by atoms with Crippen molar-refractivity contribution in [1.82, 2.24) is 4.90 Å². The van der Waals surface area contributed by atoms with Crippen molar-refractivity contribution in [3.63, 3.8) is 0 Å². The summed E-state index contributed by atoms with van der Waals surface area (Å²) in [4.78, 5) is 2.38. The Balaban J connectivity index is 1.63. The zero-order valence-corrected chi connectivity index (χ0v) is 12.5. The largest absolute Gasteiger partial charge is 0.389 e. The first-order valence-electron chi connectivity index (χ1n) is 7.80. The Hall–Kier alpha value is -0.900. The number of nitrogens with zero attached hydrogens (tertiary/aromatic N) is 1. The van der Waals surface area contributed by atoms with Crippen LogP contribution in [0.1, 0.15) is 31.7 Å². The monoisotopic (exact) mass is 277 g/mol. The number of aliphatic hydroxyl groups is 1. The summed E-state index contributed by atoms with van der Waals surface area (Å²) in [5, 5.41) is 10.1. The molecule has 0 saturated heterocycles. The van der Waals surface area contributed by atoms with Gasteiger partial charge in [-0.05, 0) is 37.3 Å². The summed E-state index contributed by atoms with van der Waals surface area (Å²) >= 11 is 0. The molecule has 3 nitrogen and oxygen atoms in total. The number of hydrogen-bond donors (Lipinski definition) is 1. The molecule has 20 heavy (non-hydrogen) atoms. The van der Waals surface area contributed by atoms with Gasteiger partial charge in [-0.3, -0.25) is 0 Å². The van der Waals surface area contributed by atoms with Crippen LogP contribution in [0.25, 0.3) is 0 Å². The maximum absolute atomic E-state index is 10.1. The molecule has 1 unspecified atom stereocenters. The van der Waals surface area contributed by atoms with Gasteiger partial charge >= 0.3 is 0 Å². The maximum Gasteiger partial charge on any atom is 0.0900 e. The Labute approximate surface area is 122 Å². The summed E-state index contributed by atoms with van der Waals surface area (Å²) in [5.41, 5.74) is 1.16. The first-order valence-corrected chi connectivity index (χ1v) is 7.80. The van der Waals surface area contributed by atoms with E-state index in [9.17, 15) is 5.11 Å². The van der Waals surface area contributed by atoms with Gasteiger partial charge in [0.15, 0.2) is 0 Å². The van der Waals surface area contributed by atoms with Crippen LogP contribution >= 0.6 is 0 Å². The SMILES string of the molecule is CCCN(CC(O)COCc1ccccc1)CC1CC1. The molecule has 1 atom stereocenters. The minimum absolute atomic E-state index is 0.385. The van der Waals surface area contributed by atoms with Crippen LogP contribution in [-0.4, -0.2) is 42.4 Å². The molecule has 3 heteroatoms. The molecule has 0 spiro atoms. The highest BCUT2D eigenvalue weighted by molar-refractivity contribution is 5.13. The summed E-state index contributed by atoms with van der Waals surface area (Å²) < 4.78 is 5.60. The molecule has 1 fully saturated rings. The predicted molar refractivity (Wildman–Crippen MR) is 81.6 cm³/mol. The van der Waals surface area contributed by atoms with E-state index in [4.69, 9.17) is 4.74 Å². The van der Waals surface area contributed by atoms with Gasteiger partial charge in [0, 0.05) is 13.1 Å². The molecule has 0 aliphatic heterocycles. The highest BCUT2D eigenvalue weighted by Gasteiger charge is 2.24. The van der Waals surface area contributed by atoms with Crippen molar-refractivity contribution < 1.29 is 9.84 Å². The lowest BCUT2D eigenvalue weighted by molar-refractivity contribution is 0.00919. The number of rotatable bonds is 10. The summed E-state index contributed by atoms with van der Waals surface area (Å²) in [5.74, 6) is 0.874. The smallest absolute Gasteiger partial charge is 0.0900 e. The third kappa shape index (κ3) is 6.04. The van der Waals surface area contributed by atoms with E-state index in [1.807, 2.05) is 30.3 Å². The zero-order valence-electron chi connectivity index (χ0n) is 12.5. The van der Waals surface area contributed by atoms with E-state index in [1.165, 1.54) is 12.8 Å². The van der Waals surface area contributed by atoms with Crippen molar-refractivity contribution in [3.8, 4) is 0 Å². The van der Waals surface area contributed by atoms with Gasteiger partial charge in [0.05, 0.1) is 19.3 Å².